The first-order valence-corrected chi connectivity index (χ1v) is 7.39. The van der Waals surface area contributed by atoms with Crippen molar-refractivity contribution in [2.24, 2.45) is 5.92 Å². The molecule has 2 rings (SSSR count). The van der Waals surface area contributed by atoms with Crippen LogP contribution >= 0.6 is 0 Å². The smallest absolute Gasteiger partial charge is 0.337 e. The fraction of sp³-hybridized carbons (Fsp3) is 0.500. The number of nitrogens with one attached hydrogen (secondary N) is 2. The minimum absolute atomic E-state index is 0.113. The van der Waals surface area contributed by atoms with E-state index in [2.05, 4.69) is 17.6 Å². The lowest BCUT2D eigenvalue weighted by Gasteiger charge is -2.29. The number of carboxylic acids is 1. The van der Waals surface area contributed by atoms with Gasteiger partial charge in [-0.1, -0.05) is 31.4 Å². The molecule has 0 spiro atoms. The predicted octanol–water partition coefficient (Wildman–Crippen LogP) is 3.39. The van der Waals surface area contributed by atoms with Crippen molar-refractivity contribution >= 4 is 17.7 Å². The Labute approximate surface area is 124 Å². The molecule has 1 aliphatic rings. The molecular weight excluding hydrogens is 268 g/mol. The molecule has 2 atom stereocenters. The molecule has 1 aromatic carbocycles. The van der Waals surface area contributed by atoms with Gasteiger partial charge < -0.3 is 15.7 Å². The molecule has 114 valence electrons. The van der Waals surface area contributed by atoms with Crippen LogP contribution in [0.5, 0.6) is 0 Å². The molecule has 3 N–H and O–H groups in total. The molecule has 1 aliphatic carbocycles. The second-order valence-corrected chi connectivity index (χ2v) is 5.82. The molecule has 1 aromatic rings. The number of aromatic carboxylic acids is 1. The minimum Gasteiger partial charge on any atom is -0.478 e. The van der Waals surface area contributed by atoms with Gasteiger partial charge in [0.1, 0.15) is 0 Å². The summed E-state index contributed by atoms with van der Waals surface area (Å²) in [6, 6.07) is 4.80. The highest BCUT2D eigenvalue weighted by atomic mass is 16.4. The van der Waals surface area contributed by atoms with Crippen LogP contribution in [0.1, 0.15) is 48.5 Å². The normalized spacial score (nSPS) is 21.6. The van der Waals surface area contributed by atoms with Gasteiger partial charge in [-0.15, -0.1) is 0 Å². The molecule has 0 radical (unpaired) electrons. The summed E-state index contributed by atoms with van der Waals surface area (Å²) in [5.41, 5.74) is 1.29. The van der Waals surface area contributed by atoms with Crippen molar-refractivity contribution in [3.63, 3.8) is 0 Å². The summed E-state index contributed by atoms with van der Waals surface area (Å²) in [5.74, 6) is -0.582. The second kappa shape index (κ2) is 6.61. The second-order valence-electron chi connectivity index (χ2n) is 5.82. The average Bonchev–Trinajstić information content (AvgIpc) is 2.43. The van der Waals surface area contributed by atoms with Crippen LogP contribution < -0.4 is 10.6 Å². The van der Waals surface area contributed by atoms with Crippen LogP contribution in [0.25, 0.3) is 0 Å². The average molecular weight is 290 g/mol. The zero-order valence-corrected chi connectivity index (χ0v) is 12.5. The molecule has 2 unspecified atom stereocenters. The molecule has 1 fully saturated rings. The lowest BCUT2D eigenvalue weighted by Crippen LogP contribution is -2.43. The molecule has 5 heteroatoms. The molecule has 2 amide bonds. The molecule has 5 nitrogen and oxygen atoms in total. The number of urea groups is 1. The molecule has 0 aliphatic heterocycles. The predicted molar refractivity (Wildman–Crippen MR) is 81.7 cm³/mol. The Kier molecular flexibility index (Phi) is 4.83. The quantitative estimate of drug-likeness (QED) is 0.798. The Bertz CT molecular complexity index is 542. The van der Waals surface area contributed by atoms with E-state index in [1.807, 2.05) is 6.92 Å². The van der Waals surface area contributed by atoms with Gasteiger partial charge in [0.15, 0.2) is 0 Å². The van der Waals surface area contributed by atoms with Crippen molar-refractivity contribution in [1.82, 2.24) is 5.32 Å². The summed E-state index contributed by atoms with van der Waals surface area (Å²) < 4.78 is 0. The standard InChI is InChI=1S/C16H22N2O3/c1-10-7-8-14(12(9-10)15(19)20)18-16(21)17-13-6-4-3-5-11(13)2/h7-9,11,13H,3-6H2,1-2H3,(H,19,20)(H2,17,18,21). The van der Waals surface area contributed by atoms with Crippen LogP contribution in [0.2, 0.25) is 0 Å². The van der Waals surface area contributed by atoms with Gasteiger partial charge in [0.2, 0.25) is 0 Å². The monoisotopic (exact) mass is 290 g/mol. The summed E-state index contributed by atoms with van der Waals surface area (Å²) in [4.78, 5) is 23.3. The van der Waals surface area contributed by atoms with E-state index in [1.54, 1.807) is 18.2 Å². The van der Waals surface area contributed by atoms with Crippen molar-refractivity contribution < 1.29 is 14.7 Å². The summed E-state index contributed by atoms with van der Waals surface area (Å²) in [6.45, 7) is 3.96. The Hall–Kier alpha value is -2.04. The summed E-state index contributed by atoms with van der Waals surface area (Å²) in [6.07, 6.45) is 4.44. The molecule has 1 saturated carbocycles. The van der Waals surface area contributed by atoms with E-state index in [4.69, 9.17) is 0 Å². The first kappa shape index (κ1) is 15.4. The van der Waals surface area contributed by atoms with Gasteiger partial charge in [-0.25, -0.2) is 9.59 Å². The number of anilines is 1. The Balaban J connectivity index is 2.04. The van der Waals surface area contributed by atoms with E-state index in [0.717, 1.165) is 24.8 Å². The maximum Gasteiger partial charge on any atom is 0.337 e. The van der Waals surface area contributed by atoms with Crippen molar-refractivity contribution in [2.75, 3.05) is 5.32 Å². The Morgan fingerprint density at radius 1 is 1.24 bits per heavy atom. The van der Waals surface area contributed by atoms with Crippen LogP contribution in [0.15, 0.2) is 18.2 Å². The number of benzene rings is 1. The number of carbonyl (C=O) groups is 2. The molecular formula is C16H22N2O3. The van der Waals surface area contributed by atoms with E-state index in [1.165, 1.54) is 6.42 Å². The SMILES string of the molecule is Cc1ccc(NC(=O)NC2CCCCC2C)c(C(=O)O)c1. The third-order valence-electron chi connectivity index (χ3n) is 4.08. The highest BCUT2D eigenvalue weighted by Gasteiger charge is 2.23. The van der Waals surface area contributed by atoms with E-state index < -0.39 is 5.97 Å². The van der Waals surface area contributed by atoms with Crippen molar-refractivity contribution in [2.45, 2.75) is 45.6 Å². The maximum absolute atomic E-state index is 12.1. The molecule has 0 saturated heterocycles. The topological polar surface area (TPSA) is 78.4 Å². The Morgan fingerprint density at radius 3 is 2.62 bits per heavy atom. The molecule has 0 aromatic heterocycles. The van der Waals surface area contributed by atoms with Crippen molar-refractivity contribution in [3.8, 4) is 0 Å². The van der Waals surface area contributed by atoms with Crippen LogP contribution in [0, 0.1) is 12.8 Å². The van der Waals surface area contributed by atoms with Gasteiger partial charge in [-0.05, 0) is 37.8 Å². The molecule has 0 bridgehead atoms. The summed E-state index contributed by atoms with van der Waals surface area (Å²) in [7, 11) is 0. The Morgan fingerprint density at radius 2 is 1.95 bits per heavy atom. The minimum atomic E-state index is -1.04. The van der Waals surface area contributed by atoms with Crippen molar-refractivity contribution in [1.29, 1.82) is 0 Å². The van der Waals surface area contributed by atoms with Crippen LogP contribution in [0.3, 0.4) is 0 Å². The lowest BCUT2D eigenvalue weighted by molar-refractivity contribution is 0.0698. The first-order chi connectivity index (χ1) is 9.97. The number of hydrogen-bond donors (Lipinski definition) is 3. The maximum atomic E-state index is 12.1. The van der Waals surface area contributed by atoms with Crippen molar-refractivity contribution in [3.05, 3.63) is 29.3 Å². The molecule has 21 heavy (non-hydrogen) atoms. The number of aryl methyl sites for hydroxylation is 1. The third kappa shape index (κ3) is 3.97. The highest BCUT2D eigenvalue weighted by molar-refractivity contribution is 6.00. The summed E-state index contributed by atoms with van der Waals surface area (Å²) in [5, 5.41) is 14.8. The van der Waals surface area contributed by atoms with Gasteiger partial charge in [0.05, 0.1) is 11.3 Å². The van der Waals surface area contributed by atoms with Gasteiger partial charge in [-0.3, -0.25) is 0 Å². The van der Waals surface area contributed by atoms with E-state index in [9.17, 15) is 14.7 Å². The number of hydrogen-bond acceptors (Lipinski definition) is 2. The van der Waals surface area contributed by atoms with Crippen LogP contribution in [0.4, 0.5) is 10.5 Å². The van der Waals surface area contributed by atoms with Gasteiger partial charge in [-0.2, -0.15) is 0 Å². The number of rotatable bonds is 3. The number of carbonyl (C=O) groups excluding carboxylic acids is 1. The number of amides is 2. The van der Waals surface area contributed by atoms with E-state index in [0.29, 0.717) is 11.6 Å². The largest absolute Gasteiger partial charge is 0.478 e. The van der Waals surface area contributed by atoms with Crippen LogP contribution in [-0.2, 0) is 0 Å². The zero-order chi connectivity index (χ0) is 15.4. The van der Waals surface area contributed by atoms with Gasteiger partial charge in [0.25, 0.3) is 0 Å². The van der Waals surface area contributed by atoms with Gasteiger partial charge in [0, 0.05) is 6.04 Å². The van der Waals surface area contributed by atoms with Crippen LogP contribution in [-0.4, -0.2) is 23.1 Å². The third-order valence-corrected chi connectivity index (χ3v) is 4.08. The highest BCUT2D eigenvalue weighted by Crippen LogP contribution is 2.24. The fourth-order valence-electron chi connectivity index (χ4n) is 2.80. The first-order valence-electron chi connectivity index (χ1n) is 7.39. The van der Waals surface area contributed by atoms with E-state index >= 15 is 0 Å². The lowest BCUT2D eigenvalue weighted by atomic mass is 9.86. The number of carboxylic acid groups (broad SMARTS) is 1. The van der Waals surface area contributed by atoms with E-state index in [-0.39, 0.29) is 17.6 Å². The fourth-order valence-corrected chi connectivity index (χ4v) is 2.80. The zero-order valence-electron chi connectivity index (χ0n) is 12.5. The van der Waals surface area contributed by atoms with Gasteiger partial charge >= 0.3 is 12.0 Å². The summed E-state index contributed by atoms with van der Waals surface area (Å²) >= 11 is 0. The molecule has 0 heterocycles.